The van der Waals surface area contributed by atoms with Crippen LogP contribution in [0.15, 0.2) is 67.5 Å². The van der Waals surface area contributed by atoms with Crippen LogP contribution in [0.4, 0.5) is 5.69 Å². The molecule has 2 N–H and O–H groups in total. The third-order valence-corrected chi connectivity index (χ3v) is 6.39. The number of phenols is 1. The molecule has 0 saturated carbocycles. The Bertz CT molecular complexity index is 1410. The molecule has 1 aliphatic rings. The number of fused-ring (bicyclic) bond motifs is 1. The summed E-state index contributed by atoms with van der Waals surface area (Å²) in [6.45, 7) is 0. The molecule has 0 unspecified atom stereocenters. The van der Waals surface area contributed by atoms with Crippen LogP contribution in [0.25, 0.3) is 17.0 Å². The second kappa shape index (κ2) is 7.36. The number of anilines is 1. The Morgan fingerprint density at radius 2 is 1.77 bits per heavy atom. The lowest BCUT2D eigenvalue weighted by atomic mass is 10.1. The van der Waals surface area contributed by atoms with Crippen molar-refractivity contribution in [2.75, 3.05) is 4.90 Å². The Morgan fingerprint density at radius 3 is 2.43 bits per heavy atom. The molecule has 30 heavy (non-hydrogen) atoms. The van der Waals surface area contributed by atoms with Gasteiger partial charge in [-0.2, -0.15) is 8.42 Å². The average molecular weight is 461 g/mol. The van der Waals surface area contributed by atoms with Gasteiger partial charge in [0.15, 0.2) is 4.32 Å². The number of hydrogen-bond acceptors (Lipinski definition) is 8. The summed E-state index contributed by atoms with van der Waals surface area (Å²) in [5.41, 5.74) is -0.0239. The second-order valence-electron chi connectivity index (χ2n) is 6.20. The minimum Gasteiger partial charge on any atom is -0.508 e. The van der Waals surface area contributed by atoms with E-state index in [2.05, 4.69) is 0 Å². The molecule has 3 aromatic rings. The molecule has 0 spiro atoms. The van der Waals surface area contributed by atoms with E-state index in [1.54, 1.807) is 6.07 Å². The molecular formula is C19H11NO7S3. The van der Waals surface area contributed by atoms with Gasteiger partial charge in [0, 0.05) is 11.5 Å². The highest BCUT2D eigenvalue weighted by Crippen LogP contribution is 2.36. The first-order chi connectivity index (χ1) is 14.1. The summed E-state index contributed by atoms with van der Waals surface area (Å²) < 4.78 is 36.8. The maximum Gasteiger partial charge on any atom is 0.343 e. The van der Waals surface area contributed by atoms with Crippen molar-refractivity contribution in [3.8, 4) is 5.75 Å². The summed E-state index contributed by atoms with van der Waals surface area (Å²) in [6, 6.07) is 10.9. The van der Waals surface area contributed by atoms with E-state index in [4.69, 9.17) is 21.2 Å². The van der Waals surface area contributed by atoms with Gasteiger partial charge in [0.25, 0.3) is 16.0 Å². The molecular weight excluding hydrogens is 450 g/mol. The molecule has 0 radical (unpaired) electrons. The number of hydrogen-bond donors (Lipinski definition) is 2. The molecule has 1 amide bonds. The molecule has 2 aromatic carbocycles. The van der Waals surface area contributed by atoms with Crippen molar-refractivity contribution >= 4 is 67.1 Å². The van der Waals surface area contributed by atoms with Crippen LogP contribution in [0.5, 0.6) is 5.75 Å². The van der Waals surface area contributed by atoms with Crippen molar-refractivity contribution in [3.63, 3.8) is 0 Å². The van der Waals surface area contributed by atoms with E-state index >= 15 is 0 Å². The summed E-state index contributed by atoms with van der Waals surface area (Å²) >= 11 is 6.23. The minimum absolute atomic E-state index is 0.0423. The van der Waals surface area contributed by atoms with Crippen LogP contribution in [-0.4, -0.2) is 28.3 Å². The largest absolute Gasteiger partial charge is 0.508 e. The van der Waals surface area contributed by atoms with E-state index in [-0.39, 0.29) is 31.0 Å². The van der Waals surface area contributed by atoms with E-state index in [1.165, 1.54) is 41.3 Å². The first kappa shape index (κ1) is 20.3. The molecule has 152 valence electrons. The van der Waals surface area contributed by atoms with E-state index < -0.39 is 21.7 Å². The van der Waals surface area contributed by atoms with Crippen molar-refractivity contribution in [1.29, 1.82) is 0 Å². The molecule has 2 heterocycles. The molecule has 4 rings (SSSR count). The third kappa shape index (κ3) is 3.75. The molecule has 0 atom stereocenters. The molecule has 1 saturated heterocycles. The van der Waals surface area contributed by atoms with Crippen molar-refractivity contribution in [2.24, 2.45) is 0 Å². The normalized spacial score (nSPS) is 16.0. The number of nitrogens with zero attached hydrogens (tertiary/aromatic N) is 1. The van der Waals surface area contributed by atoms with Crippen LogP contribution in [0.2, 0.25) is 0 Å². The Labute approximate surface area is 179 Å². The molecule has 0 aliphatic carbocycles. The number of amides is 1. The fourth-order valence-electron chi connectivity index (χ4n) is 2.82. The maximum atomic E-state index is 12.8. The van der Waals surface area contributed by atoms with Crippen molar-refractivity contribution in [1.82, 2.24) is 0 Å². The topological polar surface area (TPSA) is 125 Å². The summed E-state index contributed by atoms with van der Waals surface area (Å²) in [5.74, 6) is -0.533. The number of carbonyl (C=O) groups excluding carboxylic acids is 1. The number of phenolic OH excluding ortho intramolecular Hbond substituents is 1. The van der Waals surface area contributed by atoms with Gasteiger partial charge in [-0.3, -0.25) is 14.2 Å². The Kier molecular flexibility index (Phi) is 4.98. The summed E-state index contributed by atoms with van der Waals surface area (Å²) in [6.07, 6.45) is 1.37. The predicted molar refractivity (Wildman–Crippen MR) is 116 cm³/mol. The lowest BCUT2D eigenvalue weighted by Crippen LogP contribution is -2.27. The Morgan fingerprint density at radius 1 is 1.07 bits per heavy atom. The van der Waals surface area contributed by atoms with E-state index in [0.717, 1.165) is 23.9 Å². The van der Waals surface area contributed by atoms with Gasteiger partial charge in [-0.05, 0) is 48.5 Å². The molecule has 8 nitrogen and oxygen atoms in total. The molecule has 11 heteroatoms. The number of rotatable bonds is 3. The number of carbonyl (C=O) groups is 1. The van der Waals surface area contributed by atoms with Gasteiger partial charge < -0.3 is 9.52 Å². The Balaban J connectivity index is 1.70. The molecule has 1 aliphatic heterocycles. The van der Waals surface area contributed by atoms with Crippen LogP contribution in [0.1, 0.15) is 5.56 Å². The van der Waals surface area contributed by atoms with Crippen LogP contribution < -0.4 is 10.5 Å². The lowest BCUT2D eigenvalue weighted by molar-refractivity contribution is -0.113. The number of benzene rings is 2. The monoisotopic (exact) mass is 461 g/mol. The number of thiocarbonyl (C=S) groups is 1. The summed E-state index contributed by atoms with van der Waals surface area (Å²) in [4.78, 5) is 26.2. The Hall–Kier alpha value is -2.99. The van der Waals surface area contributed by atoms with E-state index in [1.807, 2.05) is 0 Å². The van der Waals surface area contributed by atoms with Crippen LogP contribution in [-0.2, 0) is 14.9 Å². The fourth-order valence-corrected chi connectivity index (χ4v) is 4.59. The maximum absolute atomic E-state index is 12.8. The fraction of sp³-hybridized carbons (Fsp3) is 0. The van der Waals surface area contributed by atoms with Gasteiger partial charge in [0.2, 0.25) is 0 Å². The lowest BCUT2D eigenvalue weighted by Gasteiger charge is -2.14. The first-order valence-electron chi connectivity index (χ1n) is 8.26. The zero-order chi connectivity index (χ0) is 21.6. The van der Waals surface area contributed by atoms with Gasteiger partial charge >= 0.3 is 5.63 Å². The zero-order valence-electron chi connectivity index (χ0n) is 14.8. The second-order valence-corrected chi connectivity index (χ2v) is 9.29. The molecule has 0 bridgehead atoms. The average Bonchev–Trinajstić information content (AvgIpc) is 2.95. The SMILES string of the molecule is O=C1/C(=C\c2cc3ccc(O)cc3oc2=O)SC(=S)N1c1ccc(S(=O)(=O)O)cc1. The molecule has 1 aromatic heterocycles. The highest BCUT2D eigenvalue weighted by molar-refractivity contribution is 8.27. The number of aromatic hydroxyl groups is 1. The summed E-state index contributed by atoms with van der Waals surface area (Å²) in [5, 5.41) is 10.1. The van der Waals surface area contributed by atoms with Crippen LogP contribution >= 0.6 is 24.0 Å². The zero-order valence-corrected chi connectivity index (χ0v) is 17.3. The van der Waals surface area contributed by atoms with Gasteiger partial charge in [-0.15, -0.1) is 0 Å². The smallest absolute Gasteiger partial charge is 0.343 e. The predicted octanol–water partition coefficient (Wildman–Crippen LogP) is 3.15. The van der Waals surface area contributed by atoms with Gasteiger partial charge in [-0.1, -0.05) is 24.0 Å². The molecule has 1 fully saturated rings. The van der Waals surface area contributed by atoms with Crippen LogP contribution in [0, 0.1) is 0 Å². The van der Waals surface area contributed by atoms with Crippen molar-refractivity contribution in [3.05, 3.63) is 69.4 Å². The van der Waals surface area contributed by atoms with E-state index in [9.17, 15) is 23.1 Å². The van der Waals surface area contributed by atoms with Crippen molar-refractivity contribution < 1.29 is 27.3 Å². The first-order valence-corrected chi connectivity index (χ1v) is 10.9. The quantitative estimate of drug-likeness (QED) is 0.262. The highest BCUT2D eigenvalue weighted by atomic mass is 32.2. The van der Waals surface area contributed by atoms with Crippen LogP contribution in [0.3, 0.4) is 0 Å². The summed E-state index contributed by atoms with van der Waals surface area (Å²) in [7, 11) is -4.36. The van der Waals surface area contributed by atoms with Gasteiger partial charge in [0.1, 0.15) is 11.3 Å². The number of thioether (sulfide) groups is 1. The minimum atomic E-state index is -4.36. The van der Waals surface area contributed by atoms with E-state index in [0.29, 0.717) is 11.1 Å². The highest BCUT2D eigenvalue weighted by Gasteiger charge is 2.33. The van der Waals surface area contributed by atoms with Gasteiger partial charge in [0.05, 0.1) is 21.1 Å². The standard InChI is InChI=1S/C19H11NO7S3/c21-13-4-1-10-7-11(18(23)27-15(10)9-13)8-16-17(22)20(19(28)29-16)12-2-5-14(6-3-12)30(24,25)26/h1-9,21H,(H,24,25,26)/b16-8+. The van der Waals surface area contributed by atoms with Crippen molar-refractivity contribution in [2.45, 2.75) is 4.90 Å². The van der Waals surface area contributed by atoms with Gasteiger partial charge in [-0.25, -0.2) is 4.79 Å². The third-order valence-electron chi connectivity index (χ3n) is 4.22.